The average Bonchev–Trinajstić information content (AvgIpc) is 2.09. The van der Waals surface area contributed by atoms with Crippen molar-refractivity contribution >= 4 is 5.91 Å². The van der Waals surface area contributed by atoms with Gasteiger partial charge in [-0.05, 0) is 27.2 Å². The highest BCUT2D eigenvalue weighted by Crippen LogP contribution is 2.00. The van der Waals surface area contributed by atoms with Crippen molar-refractivity contribution in [1.82, 2.24) is 4.90 Å². The zero-order valence-corrected chi connectivity index (χ0v) is 9.17. The van der Waals surface area contributed by atoms with Crippen LogP contribution in [0.4, 0.5) is 0 Å². The van der Waals surface area contributed by atoms with Gasteiger partial charge in [0.25, 0.3) is 0 Å². The van der Waals surface area contributed by atoms with Crippen LogP contribution in [0.2, 0.25) is 0 Å². The SMILES string of the molecule is CCCN(C(=O)COCC)C(C)C. The predicted molar refractivity (Wildman–Crippen MR) is 53.6 cm³/mol. The summed E-state index contributed by atoms with van der Waals surface area (Å²) < 4.78 is 5.08. The van der Waals surface area contributed by atoms with E-state index in [1.165, 1.54) is 0 Å². The second kappa shape index (κ2) is 6.89. The number of nitrogens with zero attached hydrogens (tertiary/aromatic N) is 1. The van der Waals surface area contributed by atoms with Gasteiger partial charge in [-0.15, -0.1) is 0 Å². The van der Waals surface area contributed by atoms with E-state index in [4.69, 9.17) is 4.74 Å². The number of ether oxygens (including phenoxy) is 1. The van der Waals surface area contributed by atoms with E-state index < -0.39 is 0 Å². The fourth-order valence-corrected chi connectivity index (χ4v) is 1.18. The number of amides is 1. The van der Waals surface area contributed by atoms with Crippen molar-refractivity contribution in [3.05, 3.63) is 0 Å². The highest BCUT2D eigenvalue weighted by Gasteiger charge is 2.14. The highest BCUT2D eigenvalue weighted by atomic mass is 16.5. The lowest BCUT2D eigenvalue weighted by Gasteiger charge is -2.26. The first-order valence-electron chi connectivity index (χ1n) is 5.00. The lowest BCUT2D eigenvalue weighted by Crippen LogP contribution is -2.39. The molecule has 78 valence electrons. The molecule has 0 aliphatic heterocycles. The molecule has 0 heterocycles. The van der Waals surface area contributed by atoms with Crippen molar-refractivity contribution in [1.29, 1.82) is 0 Å². The Hall–Kier alpha value is -0.570. The average molecular weight is 187 g/mol. The predicted octanol–water partition coefficient (Wildman–Crippen LogP) is 1.67. The number of carbonyl (C=O) groups excluding carboxylic acids is 1. The van der Waals surface area contributed by atoms with Crippen molar-refractivity contribution in [2.24, 2.45) is 0 Å². The van der Waals surface area contributed by atoms with Crippen molar-refractivity contribution in [3.63, 3.8) is 0 Å². The topological polar surface area (TPSA) is 29.5 Å². The second-order valence-electron chi connectivity index (χ2n) is 3.32. The van der Waals surface area contributed by atoms with Gasteiger partial charge in [0.05, 0.1) is 0 Å². The normalized spacial score (nSPS) is 10.5. The molecule has 1 amide bonds. The van der Waals surface area contributed by atoms with Crippen LogP contribution in [0.1, 0.15) is 34.1 Å². The summed E-state index contributed by atoms with van der Waals surface area (Å²) in [6, 6.07) is 0.271. The van der Waals surface area contributed by atoms with Crippen LogP contribution in [-0.2, 0) is 9.53 Å². The van der Waals surface area contributed by atoms with Crippen molar-refractivity contribution in [3.8, 4) is 0 Å². The largest absolute Gasteiger partial charge is 0.372 e. The summed E-state index contributed by atoms with van der Waals surface area (Å²) in [5.41, 5.74) is 0. The van der Waals surface area contributed by atoms with Gasteiger partial charge in [0.1, 0.15) is 6.61 Å². The quantitative estimate of drug-likeness (QED) is 0.633. The van der Waals surface area contributed by atoms with E-state index in [2.05, 4.69) is 6.92 Å². The van der Waals surface area contributed by atoms with Crippen LogP contribution in [0, 0.1) is 0 Å². The highest BCUT2D eigenvalue weighted by molar-refractivity contribution is 5.77. The van der Waals surface area contributed by atoms with Gasteiger partial charge < -0.3 is 9.64 Å². The van der Waals surface area contributed by atoms with Crippen LogP contribution in [0.15, 0.2) is 0 Å². The van der Waals surface area contributed by atoms with E-state index in [1.54, 1.807) is 0 Å². The van der Waals surface area contributed by atoms with Gasteiger partial charge in [-0.25, -0.2) is 0 Å². The van der Waals surface area contributed by atoms with Crippen LogP contribution in [0.5, 0.6) is 0 Å². The molecule has 0 spiro atoms. The number of carbonyl (C=O) groups is 1. The molecule has 3 heteroatoms. The van der Waals surface area contributed by atoms with Crippen LogP contribution < -0.4 is 0 Å². The Bertz CT molecular complexity index is 146. The molecule has 0 aliphatic rings. The Morgan fingerprint density at radius 3 is 2.38 bits per heavy atom. The molecular weight excluding hydrogens is 166 g/mol. The van der Waals surface area contributed by atoms with Gasteiger partial charge in [0.2, 0.25) is 5.91 Å². The fourth-order valence-electron chi connectivity index (χ4n) is 1.18. The molecule has 0 saturated carbocycles. The van der Waals surface area contributed by atoms with E-state index >= 15 is 0 Å². The summed E-state index contributed by atoms with van der Waals surface area (Å²) in [7, 11) is 0. The Labute approximate surface area is 81.1 Å². The van der Waals surface area contributed by atoms with Crippen LogP contribution >= 0.6 is 0 Å². The zero-order valence-electron chi connectivity index (χ0n) is 9.17. The van der Waals surface area contributed by atoms with Crippen LogP contribution in [-0.4, -0.2) is 36.6 Å². The van der Waals surface area contributed by atoms with E-state index in [-0.39, 0.29) is 18.6 Å². The molecule has 0 aromatic rings. The molecule has 0 aromatic carbocycles. The van der Waals surface area contributed by atoms with E-state index in [1.807, 2.05) is 25.7 Å². The molecule has 0 fully saturated rings. The third-order valence-corrected chi connectivity index (χ3v) is 1.84. The molecule has 0 saturated heterocycles. The molecule has 0 unspecified atom stereocenters. The maximum atomic E-state index is 11.5. The maximum Gasteiger partial charge on any atom is 0.248 e. The molecule has 0 N–H and O–H groups in total. The van der Waals surface area contributed by atoms with Crippen LogP contribution in [0.25, 0.3) is 0 Å². The third kappa shape index (κ3) is 4.88. The fraction of sp³-hybridized carbons (Fsp3) is 0.900. The van der Waals surface area contributed by atoms with E-state index in [9.17, 15) is 4.79 Å². The zero-order chi connectivity index (χ0) is 10.3. The number of rotatable bonds is 6. The maximum absolute atomic E-state index is 11.5. The lowest BCUT2D eigenvalue weighted by molar-refractivity contribution is -0.137. The summed E-state index contributed by atoms with van der Waals surface area (Å²) in [4.78, 5) is 13.4. The second-order valence-corrected chi connectivity index (χ2v) is 3.32. The molecule has 0 bridgehead atoms. The third-order valence-electron chi connectivity index (χ3n) is 1.84. The minimum atomic E-state index is 0.0960. The molecule has 0 radical (unpaired) electrons. The first-order valence-corrected chi connectivity index (χ1v) is 5.00. The number of hydrogen-bond donors (Lipinski definition) is 0. The van der Waals surface area contributed by atoms with Crippen molar-refractivity contribution in [2.75, 3.05) is 19.8 Å². The van der Waals surface area contributed by atoms with Gasteiger partial charge in [0, 0.05) is 19.2 Å². The molecule has 0 aliphatic carbocycles. The van der Waals surface area contributed by atoms with E-state index in [0.29, 0.717) is 6.61 Å². The first kappa shape index (κ1) is 12.4. The standard InChI is InChI=1S/C10H21NO2/c1-5-7-11(9(3)4)10(12)8-13-6-2/h9H,5-8H2,1-4H3. The lowest BCUT2D eigenvalue weighted by atomic mass is 10.3. The Morgan fingerprint density at radius 1 is 1.38 bits per heavy atom. The number of hydrogen-bond acceptors (Lipinski definition) is 2. The summed E-state index contributed by atoms with van der Waals surface area (Å²) in [5, 5.41) is 0. The Balaban J connectivity index is 3.96. The molecule has 3 nitrogen and oxygen atoms in total. The summed E-state index contributed by atoms with van der Waals surface area (Å²) >= 11 is 0. The smallest absolute Gasteiger partial charge is 0.248 e. The van der Waals surface area contributed by atoms with Gasteiger partial charge in [-0.2, -0.15) is 0 Å². The van der Waals surface area contributed by atoms with Gasteiger partial charge >= 0.3 is 0 Å². The van der Waals surface area contributed by atoms with E-state index in [0.717, 1.165) is 13.0 Å². The molecule has 0 rings (SSSR count). The summed E-state index contributed by atoms with van der Waals surface area (Å²) in [6.45, 7) is 9.66. The van der Waals surface area contributed by atoms with Gasteiger partial charge in [-0.3, -0.25) is 4.79 Å². The minimum Gasteiger partial charge on any atom is -0.372 e. The molecular formula is C10H21NO2. The Kier molecular flexibility index (Phi) is 6.59. The summed E-state index contributed by atoms with van der Waals surface area (Å²) in [5.74, 6) is 0.0960. The van der Waals surface area contributed by atoms with Crippen LogP contribution in [0.3, 0.4) is 0 Å². The monoisotopic (exact) mass is 187 g/mol. The van der Waals surface area contributed by atoms with Gasteiger partial charge in [-0.1, -0.05) is 6.92 Å². The Morgan fingerprint density at radius 2 is 2.00 bits per heavy atom. The molecule has 0 aromatic heterocycles. The van der Waals surface area contributed by atoms with Crippen molar-refractivity contribution < 1.29 is 9.53 Å². The summed E-state index contributed by atoms with van der Waals surface area (Å²) in [6.07, 6.45) is 0.996. The minimum absolute atomic E-state index is 0.0960. The first-order chi connectivity index (χ1) is 6.13. The van der Waals surface area contributed by atoms with Gasteiger partial charge in [0.15, 0.2) is 0 Å². The van der Waals surface area contributed by atoms with Crippen molar-refractivity contribution in [2.45, 2.75) is 40.2 Å². The molecule has 13 heavy (non-hydrogen) atoms. The molecule has 0 atom stereocenters.